The molecule has 0 radical (unpaired) electrons. The van der Waals surface area contributed by atoms with Crippen LogP contribution in [0, 0.1) is 5.82 Å². The summed E-state index contributed by atoms with van der Waals surface area (Å²) < 4.78 is 19.1. The molecule has 2 aromatic rings. The minimum Gasteiger partial charge on any atom is -0.491 e. The van der Waals surface area contributed by atoms with Gasteiger partial charge in [0.05, 0.1) is 12.3 Å². The van der Waals surface area contributed by atoms with Gasteiger partial charge in [-0.05, 0) is 54.8 Å². The Balaban J connectivity index is 1.82. The van der Waals surface area contributed by atoms with Crippen LogP contribution >= 0.6 is 11.9 Å². The van der Waals surface area contributed by atoms with E-state index in [4.69, 9.17) is 9.88 Å². The molecule has 24 heavy (non-hydrogen) atoms. The number of unbranched alkanes of at least 4 members (excludes halogenated alkanes) is 1. The van der Waals surface area contributed by atoms with E-state index < -0.39 is 0 Å². The lowest BCUT2D eigenvalue weighted by Crippen LogP contribution is -2.14. The third kappa shape index (κ3) is 5.94. The van der Waals surface area contributed by atoms with Crippen LogP contribution in [-0.2, 0) is 0 Å². The van der Waals surface area contributed by atoms with E-state index in [0.29, 0.717) is 18.9 Å². The highest BCUT2D eigenvalue weighted by Crippen LogP contribution is 2.25. The van der Waals surface area contributed by atoms with Gasteiger partial charge in [0.2, 0.25) is 0 Å². The highest BCUT2D eigenvalue weighted by molar-refractivity contribution is 7.97. The van der Waals surface area contributed by atoms with Gasteiger partial charge in [-0.15, -0.1) is 0 Å². The van der Waals surface area contributed by atoms with Crippen molar-refractivity contribution in [3.05, 3.63) is 48.3 Å². The molecule has 0 aliphatic heterocycles. The van der Waals surface area contributed by atoms with E-state index >= 15 is 0 Å². The maximum absolute atomic E-state index is 13.4. The SMILES string of the molecule is CCCCOc1cc(F)ccc1NCCNc1ccc(SN)cc1. The van der Waals surface area contributed by atoms with Crippen molar-refractivity contribution in [3.63, 3.8) is 0 Å². The smallest absolute Gasteiger partial charge is 0.145 e. The summed E-state index contributed by atoms with van der Waals surface area (Å²) in [5, 5.41) is 12.1. The lowest BCUT2D eigenvalue weighted by molar-refractivity contribution is 0.309. The van der Waals surface area contributed by atoms with Crippen LogP contribution in [0.25, 0.3) is 0 Å². The predicted octanol–water partition coefficient (Wildman–Crippen LogP) is 4.49. The summed E-state index contributed by atoms with van der Waals surface area (Å²) in [6.45, 7) is 4.13. The molecule has 0 heterocycles. The molecular weight excluding hydrogens is 325 g/mol. The van der Waals surface area contributed by atoms with Crippen LogP contribution in [0.2, 0.25) is 0 Å². The number of nitrogens with one attached hydrogen (secondary N) is 2. The molecule has 0 amide bonds. The minimum atomic E-state index is -0.289. The summed E-state index contributed by atoms with van der Waals surface area (Å²) in [7, 11) is 0. The molecule has 0 aliphatic carbocycles. The summed E-state index contributed by atoms with van der Waals surface area (Å²) in [5.74, 6) is 0.274. The van der Waals surface area contributed by atoms with Gasteiger partial charge in [-0.1, -0.05) is 13.3 Å². The first-order valence-electron chi connectivity index (χ1n) is 8.10. The minimum absolute atomic E-state index is 0.289. The zero-order chi connectivity index (χ0) is 17.2. The number of hydrogen-bond acceptors (Lipinski definition) is 5. The Kier molecular flexibility index (Phi) is 7.71. The third-order valence-electron chi connectivity index (χ3n) is 3.46. The number of rotatable bonds is 10. The third-order valence-corrected chi connectivity index (χ3v) is 4.00. The first kappa shape index (κ1) is 18.4. The molecule has 0 spiro atoms. The Morgan fingerprint density at radius 3 is 2.54 bits per heavy atom. The maximum Gasteiger partial charge on any atom is 0.145 e. The predicted molar refractivity (Wildman–Crippen MR) is 100 cm³/mol. The van der Waals surface area contributed by atoms with Crippen molar-refractivity contribution in [2.45, 2.75) is 24.7 Å². The Morgan fingerprint density at radius 1 is 1.08 bits per heavy atom. The number of anilines is 2. The molecule has 4 nitrogen and oxygen atoms in total. The van der Waals surface area contributed by atoms with Gasteiger partial charge in [0.15, 0.2) is 0 Å². The van der Waals surface area contributed by atoms with E-state index in [0.717, 1.165) is 35.7 Å². The van der Waals surface area contributed by atoms with Crippen molar-refractivity contribution in [2.75, 3.05) is 30.3 Å². The van der Waals surface area contributed by atoms with Crippen LogP contribution in [0.4, 0.5) is 15.8 Å². The van der Waals surface area contributed by atoms with Crippen molar-refractivity contribution in [2.24, 2.45) is 5.14 Å². The van der Waals surface area contributed by atoms with Gasteiger partial charge in [-0.2, -0.15) is 0 Å². The summed E-state index contributed by atoms with van der Waals surface area (Å²) in [4.78, 5) is 1.03. The fraction of sp³-hybridized carbons (Fsp3) is 0.333. The number of benzene rings is 2. The normalized spacial score (nSPS) is 10.5. The van der Waals surface area contributed by atoms with Gasteiger partial charge in [-0.25, -0.2) is 4.39 Å². The van der Waals surface area contributed by atoms with Crippen molar-refractivity contribution in [1.82, 2.24) is 0 Å². The standard InChI is InChI=1S/C18H24FN3OS/c1-2-3-12-23-18-13-14(19)4-9-17(18)22-11-10-21-15-5-7-16(24-20)8-6-15/h4-9,13,21-22H,2-3,10-12,20H2,1H3. The highest BCUT2D eigenvalue weighted by atomic mass is 32.2. The average molecular weight is 349 g/mol. The van der Waals surface area contributed by atoms with Crippen LogP contribution in [0.15, 0.2) is 47.4 Å². The van der Waals surface area contributed by atoms with Crippen molar-refractivity contribution >= 4 is 23.3 Å². The maximum atomic E-state index is 13.4. The van der Waals surface area contributed by atoms with Crippen LogP contribution in [0.3, 0.4) is 0 Å². The lowest BCUT2D eigenvalue weighted by Gasteiger charge is -2.14. The molecular formula is C18H24FN3OS. The monoisotopic (exact) mass is 349 g/mol. The van der Waals surface area contributed by atoms with Gasteiger partial charge < -0.3 is 15.4 Å². The van der Waals surface area contributed by atoms with E-state index in [1.807, 2.05) is 24.3 Å². The fourth-order valence-electron chi connectivity index (χ4n) is 2.14. The summed E-state index contributed by atoms with van der Waals surface area (Å²) in [6.07, 6.45) is 2.00. The van der Waals surface area contributed by atoms with E-state index in [1.165, 1.54) is 24.1 Å². The van der Waals surface area contributed by atoms with Crippen LogP contribution in [0.5, 0.6) is 5.75 Å². The highest BCUT2D eigenvalue weighted by Gasteiger charge is 2.05. The second-order valence-electron chi connectivity index (χ2n) is 5.34. The van der Waals surface area contributed by atoms with Gasteiger partial charge >= 0.3 is 0 Å². The van der Waals surface area contributed by atoms with Gasteiger partial charge in [0.25, 0.3) is 0 Å². The topological polar surface area (TPSA) is 59.3 Å². The summed E-state index contributed by atoms with van der Waals surface area (Å²) in [5.41, 5.74) is 1.84. The first-order valence-corrected chi connectivity index (χ1v) is 8.97. The molecule has 0 atom stereocenters. The average Bonchev–Trinajstić information content (AvgIpc) is 2.61. The zero-order valence-electron chi connectivity index (χ0n) is 13.8. The van der Waals surface area contributed by atoms with Crippen molar-refractivity contribution in [1.29, 1.82) is 0 Å². The Bertz CT molecular complexity index is 622. The molecule has 0 aromatic heterocycles. The van der Waals surface area contributed by atoms with E-state index in [9.17, 15) is 4.39 Å². The number of nitrogens with two attached hydrogens (primary N) is 1. The molecule has 0 saturated heterocycles. The molecule has 6 heteroatoms. The Morgan fingerprint density at radius 2 is 1.83 bits per heavy atom. The van der Waals surface area contributed by atoms with Gasteiger partial charge in [0.1, 0.15) is 11.6 Å². The molecule has 0 fully saturated rings. The number of halogens is 1. The summed E-state index contributed by atoms with van der Waals surface area (Å²) >= 11 is 1.23. The van der Waals surface area contributed by atoms with Crippen LogP contribution < -0.4 is 20.5 Å². The molecule has 130 valence electrons. The Hall–Kier alpha value is -1.92. The Labute approximate surface area is 147 Å². The van der Waals surface area contributed by atoms with Crippen molar-refractivity contribution in [3.8, 4) is 5.75 Å². The largest absolute Gasteiger partial charge is 0.491 e. The van der Waals surface area contributed by atoms with E-state index in [1.54, 1.807) is 6.07 Å². The van der Waals surface area contributed by atoms with Crippen molar-refractivity contribution < 1.29 is 9.13 Å². The molecule has 0 aliphatic rings. The fourth-order valence-corrected chi connectivity index (χ4v) is 2.44. The molecule has 2 aromatic carbocycles. The lowest BCUT2D eigenvalue weighted by atomic mass is 10.2. The van der Waals surface area contributed by atoms with Gasteiger partial charge in [0, 0.05) is 29.7 Å². The second-order valence-corrected chi connectivity index (χ2v) is 6.05. The van der Waals surface area contributed by atoms with E-state index in [2.05, 4.69) is 17.6 Å². The zero-order valence-corrected chi connectivity index (χ0v) is 14.7. The summed E-state index contributed by atoms with van der Waals surface area (Å²) in [6, 6.07) is 12.5. The van der Waals surface area contributed by atoms with Gasteiger partial charge in [-0.3, -0.25) is 5.14 Å². The second kappa shape index (κ2) is 10.1. The molecule has 4 N–H and O–H groups in total. The molecule has 0 unspecified atom stereocenters. The first-order chi connectivity index (χ1) is 11.7. The van der Waals surface area contributed by atoms with Crippen LogP contribution in [-0.4, -0.2) is 19.7 Å². The molecule has 2 rings (SSSR count). The quantitative estimate of drug-likeness (QED) is 0.436. The number of ether oxygens (including phenoxy) is 1. The van der Waals surface area contributed by atoms with Crippen LogP contribution in [0.1, 0.15) is 19.8 Å². The van der Waals surface area contributed by atoms with E-state index in [-0.39, 0.29) is 5.82 Å². The number of hydrogen-bond donors (Lipinski definition) is 3. The molecule has 0 saturated carbocycles. The molecule has 0 bridgehead atoms.